The molecule has 2 aliphatic rings. The zero-order valence-corrected chi connectivity index (χ0v) is 10.6. The molecule has 1 heterocycles. The third-order valence-electron chi connectivity index (χ3n) is 3.10. The quantitative estimate of drug-likeness (QED) is 0.510. The van der Waals surface area contributed by atoms with Crippen molar-refractivity contribution in [3.05, 3.63) is 46.6 Å². The van der Waals surface area contributed by atoms with Crippen molar-refractivity contribution in [3.63, 3.8) is 0 Å². The summed E-state index contributed by atoms with van der Waals surface area (Å²) in [7, 11) is 0. The Balaban J connectivity index is 2.29. The first-order chi connectivity index (χ1) is 9.97. The Labute approximate surface area is 118 Å². The fourth-order valence-electron chi connectivity index (χ4n) is 2.03. The van der Waals surface area contributed by atoms with Crippen LogP contribution in [-0.4, -0.2) is 20.4 Å². The van der Waals surface area contributed by atoms with Crippen LogP contribution in [-0.2, 0) is 0 Å². The summed E-state index contributed by atoms with van der Waals surface area (Å²) in [6, 6.07) is 8.10. The fraction of sp³-hybridized carbons (Fsp3) is 0. The van der Waals surface area contributed by atoms with E-state index in [0.717, 1.165) is 6.07 Å². The highest BCUT2D eigenvalue weighted by atomic mass is 16.4. The van der Waals surface area contributed by atoms with E-state index in [1.807, 2.05) is 0 Å². The van der Waals surface area contributed by atoms with Gasteiger partial charge in [-0.3, -0.25) is 4.79 Å². The number of aromatic hydroxyl groups is 4. The Morgan fingerprint density at radius 2 is 1.52 bits per heavy atom. The molecule has 0 saturated carbocycles. The van der Waals surface area contributed by atoms with Gasteiger partial charge in [0.25, 0.3) is 0 Å². The summed E-state index contributed by atoms with van der Waals surface area (Å²) in [5.74, 6) is -1.56. The zero-order valence-electron chi connectivity index (χ0n) is 10.6. The molecule has 6 nitrogen and oxygen atoms in total. The van der Waals surface area contributed by atoms with Gasteiger partial charge in [0.05, 0.1) is 5.56 Å². The molecule has 106 valence electrons. The van der Waals surface area contributed by atoms with E-state index in [4.69, 9.17) is 4.42 Å². The van der Waals surface area contributed by atoms with Gasteiger partial charge >= 0.3 is 0 Å². The highest BCUT2D eigenvalue weighted by molar-refractivity contribution is 5.76. The van der Waals surface area contributed by atoms with E-state index in [0.29, 0.717) is 5.56 Å². The molecule has 0 radical (unpaired) electrons. The molecule has 3 rings (SSSR count). The first-order valence-electron chi connectivity index (χ1n) is 5.98. The maximum absolute atomic E-state index is 11.5. The maximum atomic E-state index is 11.5. The second-order valence-electron chi connectivity index (χ2n) is 4.49. The zero-order chi connectivity index (χ0) is 15.1. The largest absolute Gasteiger partial charge is 0.508 e. The van der Waals surface area contributed by atoms with Gasteiger partial charge in [0.1, 0.15) is 11.5 Å². The second-order valence-corrected chi connectivity index (χ2v) is 4.49. The second kappa shape index (κ2) is 4.45. The van der Waals surface area contributed by atoms with E-state index in [1.165, 1.54) is 30.3 Å². The van der Waals surface area contributed by atoms with Crippen LogP contribution in [0.15, 0.2) is 45.6 Å². The minimum atomic E-state index is -0.797. The topological polar surface area (TPSA) is 111 Å². The molecule has 1 aromatic rings. The highest BCUT2D eigenvalue weighted by Gasteiger charge is 2.21. The van der Waals surface area contributed by atoms with Crippen molar-refractivity contribution in [2.75, 3.05) is 0 Å². The molecule has 0 aromatic heterocycles. The predicted octanol–water partition coefficient (Wildman–Crippen LogP) is 2.23. The third kappa shape index (κ3) is 2.02. The van der Waals surface area contributed by atoms with E-state index in [9.17, 15) is 25.2 Å². The van der Waals surface area contributed by atoms with Gasteiger partial charge in [-0.1, -0.05) is 0 Å². The summed E-state index contributed by atoms with van der Waals surface area (Å²) in [6.45, 7) is 0. The van der Waals surface area contributed by atoms with Crippen LogP contribution in [0.1, 0.15) is 0 Å². The van der Waals surface area contributed by atoms with Gasteiger partial charge in [-0.2, -0.15) is 0 Å². The molecule has 0 fully saturated rings. The molecule has 0 amide bonds. The molecule has 1 aliphatic heterocycles. The summed E-state index contributed by atoms with van der Waals surface area (Å²) in [6.07, 6.45) is 0. The first kappa shape index (κ1) is 12.9. The number of phenolic OH excluding ortho intramolecular Hbond substituents is 3. The molecule has 4 N–H and O–H groups in total. The van der Waals surface area contributed by atoms with Crippen molar-refractivity contribution in [2.24, 2.45) is 0 Å². The van der Waals surface area contributed by atoms with Crippen molar-refractivity contribution in [1.29, 1.82) is 0 Å². The molecule has 21 heavy (non-hydrogen) atoms. The Bertz CT molecular complexity index is 847. The SMILES string of the molecule is O=c1cc2oc(-c3ccc(O)cc3)c(O)cc-2c(O)c1O. The highest BCUT2D eigenvalue weighted by Crippen LogP contribution is 2.42. The lowest BCUT2D eigenvalue weighted by Gasteiger charge is -2.12. The van der Waals surface area contributed by atoms with Crippen LogP contribution in [0.5, 0.6) is 23.0 Å². The van der Waals surface area contributed by atoms with Gasteiger partial charge < -0.3 is 24.8 Å². The number of rotatable bonds is 1. The Morgan fingerprint density at radius 3 is 2.19 bits per heavy atom. The van der Waals surface area contributed by atoms with Gasteiger partial charge in [0.2, 0.25) is 11.2 Å². The molecular formula is C15H10O6. The van der Waals surface area contributed by atoms with Crippen LogP contribution < -0.4 is 5.43 Å². The van der Waals surface area contributed by atoms with Crippen molar-refractivity contribution in [3.8, 4) is 45.6 Å². The summed E-state index contributed by atoms with van der Waals surface area (Å²) in [5.41, 5.74) is -0.287. The number of hydrogen-bond donors (Lipinski definition) is 4. The summed E-state index contributed by atoms with van der Waals surface area (Å²) >= 11 is 0. The van der Waals surface area contributed by atoms with Gasteiger partial charge in [0, 0.05) is 11.6 Å². The lowest BCUT2D eigenvalue weighted by atomic mass is 10.1. The molecule has 0 unspecified atom stereocenters. The van der Waals surface area contributed by atoms with Gasteiger partial charge in [-0.05, 0) is 30.3 Å². The van der Waals surface area contributed by atoms with E-state index < -0.39 is 16.9 Å². The average molecular weight is 286 g/mol. The molecule has 6 heteroatoms. The van der Waals surface area contributed by atoms with Crippen LogP contribution in [0.25, 0.3) is 22.6 Å². The molecule has 1 aromatic carbocycles. The Kier molecular flexibility index (Phi) is 2.72. The average Bonchev–Trinajstić information content (AvgIpc) is 2.47. The van der Waals surface area contributed by atoms with Gasteiger partial charge in [0.15, 0.2) is 17.3 Å². The predicted molar refractivity (Wildman–Crippen MR) is 73.7 cm³/mol. The number of hydrogen-bond acceptors (Lipinski definition) is 6. The summed E-state index contributed by atoms with van der Waals surface area (Å²) in [5, 5.41) is 38.3. The monoisotopic (exact) mass is 286 g/mol. The van der Waals surface area contributed by atoms with Crippen LogP contribution in [0.2, 0.25) is 0 Å². The molecule has 1 aliphatic carbocycles. The minimum absolute atomic E-state index is 0.0205. The van der Waals surface area contributed by atoms with Crippen LogP contribution >= 0.6 is 0 Å². The normalized spacial score (nSPS) is 10.9. The van der Waals surface area contributed by atoms with E-state index in [1.54, 1.807) is 0 Å². The van der Waals surface area contributed by atoms with E-state index >= 15 is 0 Å². The first-order valence-corrected chi connectivity index (χ1v) is 5.98. The Morgan fingerprint density at radius 1 is 0.857 bits per heavy atom. The van der Waals surface area contributed by atoms with Crippen molar-refractivity contribution < 1.29 is 24.8 Å². The van der Waals surface area contributed by atoms with Crippen molar-refractivity contribution >= 4 is 0 Å². The lowest BCUT2D eigenvalue weighted by molar-refractivity contribution is 0.396. The van der Waals surface area contributed by atoms with Crippen LogP contribution in [0, 0.1) is 0 Å². The standard InChI is InChI=1S/C15H10O6/c16-8-3-1-7(2-4-8)15-11(18)5-9-12(21-15)6-10(17)14(20)13(9)19/h1-6,16,18-20H. The molecular weight excluding hydrogens is 276 g/mol. The maximum Gasteiger partial charge on any atom is 0.227 e. The minimum Gasteiger partial charge on any atom is -0.508 e. The van der Waals surface area contributed by atoms with Gasteiger partial charge in [-0.15, -0.1) is 0 Å². The smallest absolute Gasteiger partial charge is 0.227 e. The number of phenols is 3. The molecule has 0 saturated heterocycles. The summed E-state index contributed by atoms with van der Waals surface area (Å²) in [4.78, 5) is 11.5. The van der Waals surface area contributed by atoms with E-state index in [2.05, 4.69) is 0 Å². The van der Waals surface area contributed by atoms with Crippen LogP contribution in [0.3, 0.4) is 0 Å². The molecule has 0 atom stereocenters. The number of benzene rings is 2. The Hall–Kier alpha value is -3.15. The van der Waals surface area contributed by atoms with Crippen molar-refractivity contribution in [1.82, 2.24) is 0 Å². The lowest BCUT2D eigenvalue weighted by Crippen LogP contribution is -2.01. The fourth-order valence-corrected chi connectivity index (χ4v) is 2.03. The third-order valence-corrected chi connectivity index (χ3v) is 3.10. The van der Waals surface area contributed by atoms with Gasteiger partial charge in [-0.25, -0.2) is 0 Å². The molecule has 0 spiro atoms. The molecule has 0 bridgehead atoms. The van der Waals surface area contributed by atoms with E-state index in [-0.39, 0.29) is 28.6 Å². The van der Waals surface area contributed by atoms with Crippen LogP contribution in [0.4, 0.5) is 0 Å². The summed E-state index contributed by atoms with van der Waals surface area (Å²) < 4.78 is 5.43. The van der Waals surface area contributed by atoms with Crippen molar-refractivity contribution in [2.45, 2.75) is 0 Å². The number of fused-ring (bicyclic) bond motifs is 1.